The largest absolute Gasteiger partial charge is 0.573 e. The van der Waals surface area contributed by atoms with Gasteiger partial charge >= 0.3 is 6.36 Å². The molecule has 34 heavy (non-hydrogen) atoms. The van der Waals surface area contributed by atoms with Crippen molar-refractivity contribution in [3.63, 3.8) is 0 Å². The molecule has 0 atom stereocenters. The molecule has 3 aromatic rings. The first-order valence-electron chi connectivity index (χ1n) is 10.3. The number of benzene rings is 2. The first kappa shape index (κ1) is 23.6. The molecule has 2 aromatic carbocycles. The molecule has 4 rings (SSSR count). The summed E-state index contributed by atoms with van der Waals surface area (Å²) in [6, 6.07) is 12.0. The Labute approximate surface area is 194 Å². The molecule has 2 heterocycles. The summed E-state index contributed by atoms with van der Waals surface area (Å²) in [6.07, 6.45) is -4.20. The number of hydrogen-bond acceptors (Lipinski definition) is 5. The van der Waals surface area contributed by atoms with Crippen LogP contribution in [0, 0.1) is 13.8 Å². The molecule has 12 heteroatoms. The standard InChI is InChI=1S/C22H21F3N4O4S/c1-14-21(34(31,32)29-12-11-16-5-3-4-6-19(16)29)15(2)28(27-14)13-20(30)26-17-7-9-18(10-8-17)33-22(23,24)25/h3-10H,11-13H2,1-2H3,(H,26,30). The lowest BCUT2D eigenvalue weighted by Crippen LogP contribution is -2.30. The number of rotatable bonds is 6. The van der Waals surface area contributed by atoms with Gasteiger partial charge in [0.2, 0.25) is 5.91 Å². The zero-order chi connectivity index (χ0) is 24.7. The van der Waals surface area contributed by atoms with Gasteiger partial charge in [0.1, 0.15) is 17.2 Å². The molecule has 0 fully saturated rings. The Morgan fingerprint density at radius 2 is 1.79 bits per heavy atom. The van der Waals surface area contributed by atoms with Crippen LogP contribution in [0.15, 0.2) is 53.4 Å². The quantitative estimate of drug-likeness (QED) is 0.563. The Kier molecular flexibility index (Phi) is 6.02. The van der Waals surface area contributed by atoms with Gasteiger partial charge in [-0.25, -0.2) is 8.42 Å². The lowest BCUT2D eigenvalue weighted by atomic mass is 10.2. The average Bonchev–Trinajstić information content (AvgIpc) is 3.30. The topological polar surface area (TPSA) is 93.5 Å². The van der Waals surface area contributed by atoms with Gasteiger partial charge in [-0.1, -0.05) is 18.2 Å². The van der Waals surface area contributed by atoms with Gasteiger partial charge in [0.25, 0.3) is 10.0 Å². The van der Waals surface area contributed by atoms with Crippen molar-refractivity contribution in [2.45, 2.75) is 38.1 Å². The third-order valence-corrected chi connectivity index (χ3v) is 7.44. The van der Waals surface area contributed by atoms with Gasteiger partial charge in [-0.15, -0.1) is 13.2 Å². The second kappa shape index (κ2) is 8.67. The monoisotopic (exact) mass is 494 g/mol. The molecule has 0 unspecified atom stereocenters. The van der Waals surface area contributed by atoms with Crippen molar-refractivity contribution < 1.29 is 31.1 Å². The third-order valence-electron chi connectivity index (χ3n) is 5.37. The maximum Gasteiger partial charge on any atom is 0.573 e. The van der Waals surface area contributed by atoms with E-state index in [2.05, 4.69) is 15.2 Å². The molecule has 0 bridgehead atoms. The van der Waals surface area contributed by atoms with Gasteiger partial charge < -0.3 is 10.1 Å². The van der Waals surface area contributed by atoms with E-state index < -0.39 is 28.0 Å². The van der Waals surface area contributed by atoms with Crippen molar-refractivity contribution in [3.8, 4) is 5.75 Å². The molecular formula is C22H21F3N4O4S. The highest BCUT2D eigenvalue weighted by Gasteiger charge is 2.35. The highest BCUT2D eigenvalue weighted by atomic mass is 32.2. The van der Waals surface area contributed by atoms with Gasteiger partial charge in [0, 0.05) is 12.2 Å². The number of aryl methyl sites for hydroxylation is 1. The second-order valence-electron chi connectivity index (χ2n) is 7.73. The minimum atomic E-state index is -4.81. The number of hydrogen-bond donors (Lipinski definition) is 1. The molecule has 180 valence electrons. The van der Waals surface area contributed by atoms with Crippen LogP contribution in [-0.2, 0) is 27.8 Å². The highest BCUT2D eigenvalue weighted by Crippen LogP contribution is 2.34. The van der Waals surface area contributed by atoms with Gasteiger partial charge in [-0.3, -0.25) is 13.8 Å². The van der Waals surface area contributed by atoms with Crippen LogP contribution < -0.4 is 14.4 Å². The molecule has 0 aliphatic carbocycles. The first-order valence-corrected chi connectivity index (χ1v) is 11.7. The molecule has 1 N–H and O–H groups in total. The van der Waals surface area contributed by atoms with E-state index in [4.69, 9.17) is 0 Å². The van der Waals surface area contributed by atoms with E-state index in [9.17, 15) is 26.4 Å². The van der Waals surface area contributed by atoms with Crippen molar-refractivity contribution >= 4 is 27.3 Å². The SMILES string of the molecule is Cc1nn(CC(=O)Nc2ccc(OC(F)(F)F)cc2)c(C)c1S(=O)(=O)N1CCc2ccccc21. The lowest BCUT2D eigenvalue weighted by molar-refractivity contribution is -0.274. The fraction of sp³-hybridized carbons (Fsp3) is 0.273. The molecule has 1 aliphatic rings. The molecule has 1 amide bonds. The Hall–Kier alpha value is -3.54. The number of para-hydroxylation sites is 1. The van der Waals surface area contributed by atoms with E-state index in [1.807, 2.05) is 12.1 Å². The number of anilines is 2. The Morgan fingerprint density at radius 3 is 2.47 bits per heavy atom. The predicted molar refractivity (Wildman–Crippen MR) is 118 cm³/mol. The number of alkyl halides is 3. The zero-order valence-corrected chi connectivity index (χ0v) is 19.1. The average molecular weight is 494 g/mol. The summed E-state index contributed by atoms with van der Waals surface area (Å²) in [6.45, 7) is 3.18. The van der Waals surface area contributed by atoms with E-state index in [0.717, 1.165) is 17.7 Å². The van der Waals surface area contributed by atoms with Crippen LogP contribution in [0.5, 0.6) is 5.75 Å². The summed E-state index contributed by atoms with van der Waals surface area (Å²) in [5.41, 5.74) is 2.40. The van der Waals surface area contributed by atoms with Crippen LogP contribution in [0.2, 0.25) is 0 Å². The summed E-state index contributed by atoms with van der Waals surface area (Å²) in [4.78, 5) is 12.5. The molecule has 0 saturated heterocycles. The van der Waals surface area contributed by atoms with Crippen LogP contribution in [0.25, 0.3) is 0 Å². The Bertz CT molecular complexity index is 1340. The van der Waals surface area contributed by atoms with Crippen LogP contribution in [0.4, 0.5) is 24.5 Å². The first-order chi connectivity index (χ1) is 16.0. The summed E-state index contributed by atoms with van der Waals surface area (Å²) in [7, 11) is -3.89. The number of halogens is 3. The van der Waals surface area contributed by atoms with Gasteiger partial charge in [-0.2, -0.15) is 5.10 Å². The van der Waals surface area contributed by atoms with Crippen molar-refractivity contribution in [2.24, 2.45) is 0 Å². The van der Waals surface area contributed by atoms with E-state index in [-0.39, 0.29) is 22.8 Å². The van der Waals surface area contributed by atoms with Gasteiger partial charge in [-0.05, 0) is 56.2 Å². The maximum absolute atomic E-state index is 13.4. The van der Waals surface area contributed by atoms with E-state index >= 15 is 0 Å². The number of fused-ring (bicyclic) bond motifs is 1. The summed E-state index contributed by atoms with van der Waals surface area (Å²) < 4.78 is 70.2. The Balaban J connectivity index is 1.50. The molecule has 0 radical (unpaired) electrons. The van der Waals surface area contributed by atoms with Crippen molar-refractivity contribution in [1.29, 1.82) is 0 Å². The predicted octanol–water partition coefficient (Wildman–Crippen LogP) is 3.79. The van der Waals surface area contributed by atoms with E-state index in [0.29, 0.717) is 24.3 Å². The number of carbonyl (C=O) groups excluding carboxylic acids is 1. The second-order valence-corrected chi connectivity index (χ2v) is 9.53. The lowest BCUT2D eigenvalue weighted by Gasteiger charge is -2.19. The minimum absolute atomic E-state index is 0.0469. The van der Waals surface area contributed by atoms with Gasteiger partial charge in [0.15, 0.2) is 0 Å². The van der Waals surface area contributed by atoms with Crippen LogP contribution >= 0.6 is 0 Å². The zero-order valence-electron chi connectivity index (χ0n) is 18.3. The normalized spacial score (nSPS) is 13.6. The fourth-order valence-corrected chi connectivity index (χ4v) is 5.83. The molecule has 8 nitrogen and oxygen atoms in total. The number of ether oxygens (including phenoxy) is 1. The van der Waals surface area contributed by atoms with Crippen LogP contribution in [0.3, 0.4) is 0 Å². The molecule has 0 spiro atoms. The molecule has 1 aliphatic heterocycles. The number of nitrogens with one attached hydrogen (secondary N) is 1. The van der Waals surface area contributed by atoms with Gasteiger partial charge in [0.05, 0.1) is 17.1 Å². The maximum atomic E-state index is 13.4. The minimum Gasteiger partial charge on any atom is -0.406 e. The third kappa shape index (κ3) is 4.72. The van der Waals surface area contributed by atoms with E-state index in [1.54, 1.807) is 26.0 Å². The molecular weight excluding hydrogens is 473 g/mol. The highest BCUT2D eigenvalue weighted by molar-refractivity contribution is 7.93. The smallest absolute Gasteiger partial charge is 0.406 e. The Morgan fingerprint density at radius 1 is 1.12 bits per heavy atom. The fourth-order valence-electron chi connectivity index (χ4n) is 3.95. The number of carbonyl (C=O) groups is 1. The van der Waals surface area contributed by atoms with Crippen LogP contribution in [0.1, 0.15) is 17.0 Å². The van der Waals surface area contributed by atoms with Crippen molar-refractivity contribution in [3.05, 3.63) is 65.5 Å². The number of aromatic nitrogens is 2. The summed E-state index contributed by atoms with van der Waals surface area (Å²) in [5.74, 6) is -0.937. The molecule has 0 saturated carbocycles. The van der Waals surface area contributed by atoms with Crippen molar-refractivity contribution in [1.82, 2.24) is 9.78 Å². The van der Waals surface area contributed by atoms with Crippen molar-refractivity contribution in [2.75, 3.05) is 16.2 Å². The summed E-state index contributed by atoms with van der Waals surface area (Å²) >= 11 is 0. The van der Waals surface area contributed by atoms with Crippen LogP contribution in [-0.4, -0.2) is 37.0 Å². The summed E-state index contributed by atoms with van der Waals surface area (Å²) in [5, 5.41) is 6.79. The number of amides is 1. The number of sulfonamides is 1. The number of nitrogens with zero attached hydrogens (tertiary/aromatic N) is 3. The van der Waals surface area contributed by atoms with E-state index in [1.165, 1.54) is 21.1 Å². The molecule has 1 aromatic heterocycles.